The highest BCUT2D eigenvalue weighted by atomic mass is 35.5. The van der Waals surface area contributed by atoms with E-state index in [1.165, 1.54) is 7.11 Å². The number of nitrogens with one attached hydrogen (secondary N) is 1. The molecule has 0 aromatic heterocycles. The summed E-state index contributed by atoms with van der Waals surface area (Å²) >= 11 is 6.29. The summed E-state index contributed by atoms with van der Waals surface area (Å²) in [5, 5.41) is 3.37. The minimum atomic E-state index is -0.239. The van der Waals surface area contributed by atoms with E-state index in [4.69, 9.17) is 30.5 Å². The largest absolute Gasteiger partial charge is 0.495 e. The quantitative estimate of drug-likeness (QED) is 0.857. The third-order valence-electron chi connectivity index (χ3n) is 4.46. The van der Waals surface area contributed by atoms with Crippen LogP contribution < -0.4 is 24.3 Å². The summed E-state index contributed by atoms with van der Waals surface area (Å²) in [7, 11) is 6.21. The lowest BCUT2D eigenvalue weighted by Gasteiger charge is -2.29. The number of carbonyl (C=O) groups is 1. The van der Waals surface area contributed by atoms with Gasteiger partial charge in [0.15, 0.2) is 11.5 Å². The summed E-state index contributed by atoms with van der Waals surface area (Å²) < 4.78 is 21.7. The first kappa shape index (κ1) is 18.2. The van der Waals surface area contributed by atoms with Gasteiger partial charge < -0.3 is 24.3 Å². The van der Waals surface area contributed by atoms with Crippen LogP contribution in [0.5, 0.6) is 23.0 Å². The zero-order chi connectivity index (χ0) is 18.8. The van der Waals surface area contributed by atoms with Gasteiger partial charge in [-0.3, -0.25) is 4.79 Å². The summed E-state index contributed by atoms with van der Waals surface area (Å²) in [6, 6.07) is 7.24. The van der Waals surface area contributed by atoms with E-state index in [0.29, 0.717) is 33.7 Å². The molecule has 0 bridgehead atoms. The summed E-state index contributed by atoms with van der Waals surface area (Å²) in [5.41, 5.74) is 2.34. The molecule has 1 N–H and O–H groups in total. The van der Waals surface area contributed by atoms with Gasteiger partial charge in [-0.15, -0.1) is 0 Å². The number of ether oxygens (including phenoxy) is 4. The highest BCUT2D eigenvalue weighted by molar-refractivity contribution is 6.32. The summed E-state index contributed by atoms with van der Waals surface area (Å²) in [5.74, 6) is 1.74. The van der Waals surface area contributed by atoms with E-state index in [0.717, 1.165) is 11.1 Å². The number of rotatable bonds is 5. The van der Waals surface area contributed by atoms with Gasteiger partial charge in [0.05, 0.1) is 39.1 Å². The van der Waals surface area contributed by atoms with E-state index >= 15 is 0 Å². The van der Waals surface area contributed by atoms with Crippen LogP contribution in [0.15, 0.2) is 24.3 Å². The fraction of sp³-hybridized carbons (Fsp3) is 0.316. The number of hydrogen-bond acceptors (Lipinski definition) is 5. The minimum absolute atomic E-state index is 0.0938. The van der Waals surface area contributed by atoms with Crippen molar-refractivity contribution in [2.24, 2.45) is 0 Å². The first-order valence-corrected chi connectivity index (χ1v) is 8.38. The molecule has 0 saturated carbocycles. The molecule has 2 aromatic carbocycles. The Hall–Kier alpha value is -2.60. The number of carbonyl (C=O) groups excluding carboxylic acids is 1. The van der Waals surface area contributed by atoms with Crippen LogP contribution in [0.4, 0.5) is 5.69 Å². The van der Waals surface area contributed by atoms with Crippen LogP contribution in [0.3, 0.4) is 0 Å². The maximum absolute atomic E-state index is 12.3. The van der Waals surface area contributed by atoms with Gasteiger partial charge >= 0.3 is 0 Å². The fourth-order valence-corrected chi connectivity index (χ4v) is 3.57. The molecule has 0 aliphatic carbocycles. The zero-order valence-electron chi connectivity index (χ0n) is 15.0. The maximum Gasteiger partial charge on any atom is 0.225 e. The number of fused-ring (bicyclic) bond motifs is 1. The van der Waals surface area contributed by atoms with Crippen LogP contribution in [0.2, 0.25) is 5.02 Å². The Balaban J connectivity index is 2.22. The first-order valence-electron chi connectivity index (χ1n) is 8.00. The Labute approximate surface area is 157 Å². The molecule has 0 spiro atoms. The van der Waals surface area contributed by atoms with Gasteiger partial charge in [0.2, 0.25) is 11.7 Å². The van der Waals surface area contributed by atoms with Crippen LogP contribution in [-0.2, 0) is 4.79 Å². The lowest BCUT2D eigenvalue weighted by atomic mass is 9.83. The number of amides is 1. The van der Waals surface area contributed by atoms with Crippen molar-refractivity contribution in [3.63, 3.8) is 0 Å². The smallest absolute Gasteiger partial charge is 0.225 e. The van der Waals surface area contributed by atoms with Crippen molar-refractivity contribution in [3.05, 3.63) is 40.4 Å². The molecule has 7 heteroatoms. The Morgan fingerprint density at radius 2 is 1.65 bits per heavy atom. The molecular weight excluding hydrogens is 358 g/mol. The molecule has 0 saturated heterocycles. The van der Waals surface area contributed by atoms with Gasteiger partial charge in [-0.05, 0) is 17.7 Å². The number of anilines is 1. The monoisotopic (exact) mass is 377 g/mol. The van der Waals surface area contributed by atoms with E-state index in [1.807, 2.05) is 12.1 Å². The third kappa shape index (κ3) is 3.01. The second kappa shape index (κ2) is 7.33. The van der Waals surface area contributed by atoms with Crippen molar-refractivity contribution in [2.75, 3.05) is 33.8 Å². The topological polar surface area (TPSA) is 66.0 Å². The first-order chi connectivity index (χ1) is 12.5. The number of halogens is 1. The SMILES string of the molecule is COc1ccc([C@H]2CC(=O)Nc3cc(OC)c(OC)c(OC)c32)cc1Cl. The van der Waals surface area contributed by atoms with Crippen molar-refractivity contribution >= 4 is 23.2 Å². The Morgan fingerprint density at radius 3 is 2.23 bits per heavy atom. The van der Waals surface area contributed by atoms with Crippen LogP contribution in [-0.4, -0.2) is 34.3 Å². The van der Waals surface area contributed by atoms with Crippen LogP contribution in [0.25, 0.3) is 0 Å². The van der Waals surface area contributed by atoms with Crippen molar-refractivity contribution in [1.82, 2.24) is 0 Å². The predicted octanol–water partition coefficient (Wildman–Crippen LogP) is 3.85. The maximum atomic E-state index is 12.3. The van der Waals surface area contributed by atoms with Crippen LogP contribution >= 0.6 is 11.6 Å². The second-order valence-corrected chi connectivity index (χ2v) is 6.21. The normalized spacial score (nSPS) is 15.7. The Bertz CT molecular complexity index is 852. The van der Waals surface area contributed by atoms with Gasteiger partial charge in [0.25, 0.3) is 0 Å². The Kier molecular flexibility index (Phi) is 5.13. The second-order valence-electron chi connectivity index (χ2n) is 5.81. The molecule has 0 fully saturated rings. The zero-order valence-corrected chi connectivity index (χ0v) is 15.8. The molecule has 1 amide bonds. The molecular formula is C19H20ClNO5. The standard InChI is InChI=1S/C19H20ClNO5/c1-23-14-6-5-10(7-12(14)20)11-8-16(22)21-13-9-15(24-2)18(25-3)19(26-4)17(11)13/h5-7,9,11H,8H2,1-4H3,(H,21,22)/t11-/m1/s1. The summed E-state index contributed by atoms with van der Waals surface area (Å²) in [6.07, 6.45) is 0.265. The van der Waals surface area contributed by atoms with E-state index < -0.39 is 0 Å². The minimum Gasteiger partial charge on any atom is -0.495 e. The third-order valence-corrected chi connectivity index (χ3v) is 4.75. The van der Waals surface area contributed by atoms with Gasteiger partial charge in [-0.25, -0.2) is 0 Å². The highest BCUT2D eigenvalue weighted by Gasteiger charge is 2.33. The Morgan fingerprint density at radius 1 is 0.962 bits per heavy atom. The van der Waals surface area contributed by atoms with E-state index in [-0.39, 0.29) is 18.2 Å². The van der Waals surface area contributed by atoms with Gasteiger partial charge in [-0.1, -0.05) is 17.7 Å². The van der Waals surface area contributed by atoms with Crippen molar-refractivity contribution in [1.29, 1.82) is 0 Å². The lowest BCUT2D eigenvalue weighted by molar-refractivity contribution is -0.116. The van der Waals surface area contributed by atoms with Crippen molar-refractivity contribution in [3.8, 4) is 23.0 Å². The molecule has 1 atom stereocenters. The van der Waals surface area contributed by atoms with E-state index in [2.05, 4.69) is 5.32 Å². The van der Waals surface area contributed by atoms with Crippen molar-refractivity contribution < 1.29 is 23.7 Å². The van der Waals surface area contributed by atoms with Gasteiger partial charge in [0, 0.05) is 24.0 Å². The van der Waals surface area contributed by atoms with Gasteiger partial charge in [-0.2, -0.15) is 0 Å². The molecule has 0 unspecified atom stereocenters. The predicted molar refractivity (Wildman–Crippen MR) is 99.2 cm³/mol. The number of benzene rings is 2. The van der Waals surface area contributed by atoms with Crippen molar-refractivity contribution in [2.45, 2.75) is 12.3 Å². The average Bonchev–Trinajstić information content (AvgIpc) is 2.65. The number of methoxy groups -OCH3 is 4. The molecule has 0 radical (unpaired) electrons. The molecule has 6 nitrogen and oxygen atoms in total. The average molecular weight is 378 g/mol. The molecule has 1 heterocycles. The number of hydrogen-bond donors (Lipinski definition) is 1. The fourth-order valence-electron chi connectivity index (χ4n) is 3.30. The summed E-state index contributed by atoms with van der Waals surface area (Å²) in [6.45, 7) is 0. The van der Waals surface area contributed by atoms with E-state index in [1.54, 1.807) is 33.5 Å². The molecule has 2 aromatic rings. The van der Waals surface area contributed by atoms with Gasteiger partial charge in [0.1, 0.15) is 5.75 Å². The lowest BCUT2D eigenvalue weighted by Crippen LogP contribution is -2.24. The van der Waals surface area contributed by atoms with Crippen LogP contribution in [0, 0.1) is 0 Å². The van der Waals surface area contributed by atoms with Crippen LogP contribution in [0.1, 0.15) is 23.5 Å². The molecule has 1 aliphatic rings. The van der Waals surface area contributed by atoms with E-state index in [9.17, 15) is 4.79 Å². The molecule has 138 valence electrons. The summed E-state index contributed by atoms with van der Waals surface area (Å²) in [4.78, 5) is 12.3. The molecule has 26 heavy (non-hydrogen) atoms. The highest BCUT2D eigenvalue weighted by Crippen LogP contribution is 2.51. The molecule has 3 rings (SSSR count). The molecule has 1 aliphatic heterocycles.